The van der Waals surface area contributed by atoms with Gasteiger partial charge in [0, 0.05) is 0 Å². The highest BCUT2D eigenvalue weighted by Gasteiger charge is 2.14. The van der Waals surface area contributed by atoms with E-state index >= 15 is 0 Å². The van der Waals surface area contributed by atoms with Gasteiger partial charge in [-0.2, -0.15) is 0 Å². The van der Waals surface area contributed by atoms with E-state index in [1.165, 1.54) is 0 Å². The van der Waals surface area contributed by atoms with Crippen LogP contribution >= 0.6 is 0 Å². The summed E-state index contributed by atoms with van der Waals surface area (Å²) in [5.74, 6) is -1.45. The van der Waals surface area contributed by atoms with E-state index in [0.717, 1.165) is 0 Å². The number of alkyl halides is 1. The zero-order valence-corrected chi connectivity index (χ0v) is 6.26. The fraction of sp³-hybridized carbons (Fsp3) is 0.667. The lowest BCUT2D eigenvalue weighted by Crippen LogP contribution is -2.44. The normalized spacial score (nSPS) is 12.2. The molecule has 64 valence electrons. The van der Waals surface area contributed by atoms with Crippen LogP contribution in [0, 0.1) is 0 Å². The lowest BCUT2D eigenvalue weighted by atomic mass is 10.2. The van der Waals surface area contributed by atoms with Crippen LogP contribution in [0.15, 0.2) is 0 Å². The lowest BCUT2D eigenvalue weighted by molar-refractivity contribution is -0.127. The average molecular weight is 162 g/mol. The monoisotopic (exact) mass is 162 g/mol. The first-order chi connectivity index (χ1) is 5.11. The van der Waals surface area contributed by atoms with Crippen molar-refractivity contribution in [3.05, 3.63) is 0 Å². The fourth-order valence-corrected chi connectivity index (χ4v) is 0.607. The number of primary amides is 1. The van der Waals surface area contributed by atoms with E-state index in [9.17, 15) is 14.0 Å². The highest BCUT2D eigenvalue weighted by Crippen LogP contribution is 1.88. The second kappa shape index (κ2) is 4.65. The number of rotatable bonds is 4. The van der Waals surface area contributed by atoms with Gasteiger partial charge in [0.25, 0.3) is 5.91 Å². The van der Waals surface area contributed by atoms with E-state index in [0.29, 0.717) is 6.42 Å². The minimum Gasteiger partial charge on any atom is -0.368 e. The van der Waals surface area contributed by atoms with Crippen LogP contribution in [0.4, 0.5) is 4.39 Å². The maximum absolute atomic E-state index is 11.6. The Morgan fingerprint density at radius 1 is 1.64 bits per heavy atom. The van der Waals surface area contributed by atoms with Crippen LogP contribution in [0.1, 0.15) is 13.3 Å². The third-order valence-electron chi connectivity index (χ3n) is 1.21. The molecule has 0 saturated carbocycles. The van der Waals surface area contributed by atoms with Crippen LogP contribution in [0.2, 0.25) is 0 Å². The van der Waals surface area contributed by atoms with Crippen molar-refractivity contribution in [3.8, 4) is 0 Å². The Morgan fingerprint density at radius 3 is 2.45 bits per heavy atom. The molecule has 2 amide bonds. The molecule has 0 rings (SSSR count). The van der Waals surface area contributed by atoms with Crippen molar-refractivity contribution < 1.29 is 14.0 Å². The molecule has 0 radical (unpaired) electrons. The summed E-state index contributed by atoms with van der Waals surface area (Å²) in [6.07, 6.45) is 0.376. The Hall–Kier alpha value is -1.13. The van der Waals surface area contributed by atoms with Crippen LogP contribution in [0.5, 0.6) is 0 Å². The smallest absolute Gasteiger partial charge is 0.252 e. The molecule has 0 aliphatic rings. The largest absolute Gasteiger partial charge is 0.368 e. The van der Waals surface area contributed by atoms with Crippen molar-refractivity contribution in [2.45, 2.75) is 19.4 Å². The van der Waals surface area contributed by atoms with Gasteiger partial charge in [0.15, 0.2) is 6.67 Å². The maximum Gasteiger partial charge on any atom is 0.252 e. The van der Waals surface area contributed by atoms with Crippen LogP contribution in [0.25, 0.3) is 0 Å². The number of nitrogens with two attached hydrogens (primary N) is 1. The predicted octanol–water partition coefficient (Wildman–Crippen LogP) is -0.664. The van der Waals surface area contributed by atoms with Crippen molar-refractivity contribution in [2.24, 2.45) is 5.73 Å². The Labute approximate surface area is 63.9 Å². The Bertz CT molecular complexity index is 161. The molecule has 3 N–H and O–H groups in total. The average Bonchev–Trinajstić information content (AvgIpc) is 1.99. The predicted molar refractivity (Wildman–Crippen MR) is 37.4 cm³/mol. The summed E-state index contributed by atoms with van der Waals surface area (Å²) in [5.41, 5.74) is 4.87. The molecule has 0 fully saturated rings. The maximum atomic E-state index is 11.6. The minimum absolute atomic E-state index is 0.376. The molecule has 11 heavy (non-hydrogen) atoms. The van der Waals surface area contributed by atoms with E-state index in [2.05, 4.69) is 5.32 Å². The Morgan fingerprint density at radius 2 is 2.18 bits per heavy atom. The van der Waals surface area contributed by atoms with Gasteiger partial charge in [-0.3, -0.25) is 9.59 Å². The van der Waals surface area contributed by atoms with Gasteiger partial charge >= 0.3 is 0 Å². The summed E-state index contributed by atoms with van der Waals surface area (Å²) >= 11 is 0. The van der Waals surface area contributed by atoms with Gasteiger partial charge in [0.2, 0.25) is 5.91 Å². The summed E-state index contributed by atoms with van der Waals surface area (Å²) < 4.78 is 11.6. The molecule has 0 spiro atoms. The summed E-state index contributed by atoms with van der Waals surface area (Å²) in [6.45, 7) is 0.553. The van der Waals surface area contributed by atoms with E-state index in [1.54, 1.807) is 6.92 Å². The molecule has 0 heterocycles. The number of halogens is 1. The molecular formula is C6H11FN2O2. The minimum atomic E-state index is -1.12. The molecule has 0 aromatic carbocycles. The van der Waals surface area contributed by atoms with E-state index in [-0.39, 0.29) is 0 Å². The van der Waals surface area contributed by atoms with Gasteiger partial charge in [-0.1, -0.05) is 6.92 Å². The van der Waals surface area contributed by atoms with Crippen LogP contribution < -0.4 is 11.1 Å². The highest BCUT2D eigenvalue weighted by molar-refractivity contribution is 5.86. The molecule has 0 saturated heterocycles. The van der Waals surface area contributed by atoms with Gasteiger partial charge in [0.05, 0.1) is 0 Å². The molecule has 0 aliphatic carbocycles. The van der Waals surface area contributed by atoms with Crippen molar-refractivity contribution in [3.63, 3.8) is 0 Å². The van der Waals surface area contributed by atoms with Crippen LogP contribution in [0.3, 0.4) is 0 Å². The van der Waals surface area contributed by atoms with Crippen molar-refractivity contribution in [1.82, 2.24) is 5.32 Å². The number of nitrogens with one attached hydrogen (secondary N) is 1. The standard InChI is InChI=1S/C6H11FN2O2/c1-2-4(6(8)11)9-5(10)3-7/h4H,2-3H2,1H3,(H2,8,11)(H,9,10). The molecule has 1 unspecified atom stereocenters. The van der Waals surface area contributed by atoms with Gasteiger partial charge in [-0.25, -0.2) is 4.39 Å². The van der Waals surface area contributed by atoms with Gasteiger partial charge < -0.3 is 11.1 Å². The molecule has 5 heteroatoms. The second-order valence-corrected chi connectivity index (χ2v) is 2.06. The first-order valence-corrected chi connectivity index (χ1v) is 3.26. The Balaban J connectivity index is 3.88. The SMILES string of the molecule is CCC(NC(=O)CF)C(N)=O. The second-order valence-electron chi connectivity index (χ2n) is 2.06. The van der Waals surface area contributed by atoms with Crippen molar-refractivity contribution in [2.75, 3.05) is 6.67 Å². The molecular weight excluding hydrogens is 151 g/mol. The number of hydrogen-bond donors (Lipinski definition) is 2. The third kappa shape index (κ3) is 3.54. The third-order valence-corrected chi connectivity index (χ3v) is 1.21. The van der Waals surface area contributed by atoms with Crippen molar-refractivity contribution in [1.29, 1.82) is 0 Å². The molecule has 4 nitrogen and oxygen atoms in total. The molecule has 0 aromatic rings. The van der Waals surface area contributed by atoms with Gasteiger partial charge in [-0.15, -0.1) is 0 Å². The first-order valence-electron chi connectivity index (χ1n) is 3.26. The van der Waals surface area contributed by atoms with Gasteiger partial charge in [-0.05, 0) is 6.42 Å². The highest BCUT2D eigenvalue weighted by atomic mass is 19.1. The van der Waals surface area contributed by atoms with Gasteiger partial charge in [0.1, 0.15) is 6.04 Å². The topological polar surface area (TPSA) is 72.2 Å². The summed E-state index contributed by atoms with van der Waals surface area (Å²) in [4.78, 5) is 20.9. The lowest BCUT2D eigenvalue weighted by Gasteiger charge is -2.10. The van der Waals surface area contributed by atoms with Crippen LogP contribution in [-0.4, -0.2) is 24.5 Å². The number of carbonyl (C=O) groups is 2. The Kier molecular flexibility index (Phi) is 4.17. The van der Waals surface area contributed by atoms with E-state index < -0.39 is 24.5 Å². The van der Waals surface area contributed by atoms with E-state index in [1.807, 2.05) is 0 Å². The zero-order chi connectivity index (χ0) is 8.85. The van der Waals surface area contributed by atoms with E-state index in [4.69, 9.17) is 5.73 Å². The molecule has 0 bridgehead atoms. The molecule has 0 aliphatic heterocycles. The van der Waals surface area contributed by atoms with Crippen molar-refractivity contribution >= 4 is 11.8 Å². The molecule has 1 atom stereocenters. The fourth-order valence-electron chi connectivity index (χ4n) is 0.607. The molecule has 0 aromatic heterocycles. The number of hydrogen-bond acceptors (Lipinski definition) is 2. The summed E-state index contributed by atoms with van der Waals surface area (Å²) in [6, 6.07) is -0.752. The zero-order valence-electron chi connectivity index (χ0n) is 6.26. The van der Waals surface area contributed by atoms with Crippen LogP contribution in [-0.2, 0) is 9.59 Å². The quantitative estimate of drug-likeness (QED) is 0.575. The number of amides is 2. The summed E-state index contributed by atoms with van der Waals surface area (Å²) in [7, 11) is 0. The summed E-state index contributed by atoms with van der Waals surface area (Å²) in [5, 5.41) is 2.13. The first kappa shape index (κ1) is 9.87. The number of carbonyl (C=O) groups excluding carboxylic acids is 2.